The third kappa shape index (κ3) is 8.20. The van der Waals surface area contributed by atoms with Crippen molar-refractivity contribution < 1.29 is 0 Å². The average molecular weight is 477 g/mol. The second-order valence-corrected chi connectivity index (χ2v) is 6.88. The molecule has 0 radical (unpaired) electrons. The fourth-order valence-electron chi connectivity index (χ4n) is 3.35. The maximum Gasteiger partial charge on any atom is 0.191 e. The first kappa shape index (κ1) is 23.1. The Labute approximate surface area is 175 Å². The fraction of sp³-hybridized carbons (Fsp3) is 0.833. The van der Waals surface area contributed by atoms with Crippen LogP contribution in [-0.2, 0) is 13.0 Å². The van der Waals surface area contributed by atoms with Crippen LogP contribution in [0, 0.1) is 5.92 Å². The molecule has 1 atom stereocenters. The highest BCUT2D eigenvalue weighted by molar-refractivity contribution is 14.0. The third-order valence-electron chi connectivity index (χ3n) is 4.64. The van der Waals surface area contributed by atoms with E-state index in [0.717, 1.165) is 63.3 Å². The summed E-state index contributed by atoms with van der Waals surface area (Å²) in [5.74, 6) is 2.78. The molecule has 8 heteroatoms. The Hall–Kier alpha value is -0.900. The van der Waals surface area contributed by atoms with Gasteiger partial charge in [-0.25, -0.2) is 0 Å². The molecule has 2 heterocycles. The van der Waals surface area contributed by atoms with E-state index in [1.807, 2.05) is 0 Å². The van der Waals surface area contributed by atoms with Crippen molar-refractivity contribution in [2.75, 3.05) is 39.3 Å². The first-order valence-corrected chi connectivity index (χ1v) is 9.84. The molecule has 1 aliphatic heterocycles. The second-order valence-electron chi connectivity index (χ2n) is 6.88. The summed E-state index contributed by atoms with van der Waals surface area (Å²) in [4.78, 5) is 7.29. The lowest BCUT2D eigenvalue weighted by atomic mass is 10.0. The van der Waals surface area contributed by atoms with E-state index in [2.05, 4.69) is 51.1 Å². The van der Waals surface area contributed by atoms with E-state index in [1.165, 1.54) is 25.9 Å². The molecule has 1 saturated heterocycles. The second kappa shape index (κ2) is 13.3. The molecule has 0 amide bonds. The Morgan fingerprint density at radius 3 is 2.88 bits per heavy atom. The maximum absolute atomic E-state index is 4.71. The lowest BCUT2D eigenvalue weighted by Crippen LogP contribution is -2.39. The number of hydrogen-bond donors (Lipinski definition) is 2. The summed E-state index contributed by atoms with van der Waals surface area (Å²) < 4.78 is 2.09. The van der Waals surface area contributed by atoms with Crippen LogP contribution in [0.5, 0.6) is 0 Å². The number of aryl methyl sites for hydroxylation is 1. The molecule has 1 aliphatic rings. The summed E-state index contributed by atoms with van der Waals surface area (Å²) in [5, 5.41) is 14.8. The Morgan fingerprint density at radius 2 is 2.15 bits per heavy atom. The van der Waals surface area contributed by atoms with Crippen LogP contribution in [0.25, 0.3) is 0 Å². The Kier molecular flexibility index (Phi) is 11.8. The van der Waals surface area contributed by atoms with Gasteiger partial charge in [0.1, 0.15) is 12.2 Å². The minimum Gasteiger partial charge on any atom is -0.357 e. The van der Waals surface area contributed by atoms with E-state index in [1.54, 1.807) is 6.33 Å². The number of aliphatic imine (C=N–C) groups is 1. The average Bonchev–Trinajstić information content (AvgIpc) is 3.06. The molecule has 150 valence electrons. The van der Waals surface area contributed by atoms with E-state index in [0.29, 0.717) is 0 Å². The van der Waals surface area contributed by atoms with Crippen molar-refractivity contribution in [2.24, 2.45) is 10.9 Å². The number of piperidine rings is 1. The SMILES string of the molecule is CCNC(=NCCCN1CCCC(C)C1)NCCn1cnnc1CC.I. The molecule has 0 saturated carbocycles. The number of likely N-dealkylation sites (tertiary alicyclic amines) is 1. The van der Waals surface area contributed by atoms with Crippen LogP contribution in [-0.4, -0.2) is 64.9 Å². The molecule has 0 aliphatic carbocycles. The molecule has 2 rings (SSSR count). The van der Waals surface area contributed by atoms with Gasteiger partial charge in [-0.1, -0.05) is 13.8 Å². The zero-order valence-electron chi connectivity index (χ0n) is 16.6. The van der Waals surface area contributed by atoms with Crippen LogP contribution in [0.15, 0.2) is 11.3 Å². The van der Waals surface area contributed by atoms with Crippen molar-refractivity contribution >= 4 is 29.9 Å². The van der Waals surface area contributed by atoms with Gasteiger partial charge in [0.05, 0.1) is 0 Å². The highest BCUT2D eigenvalue weighted by Gasteiger charge is 2.15. The first-order chi connectivity index (χ1) is 12.2. The van der Waals surface area contributed by atoms with Gasteiger partial charge in [0.25, 0.3) is 0 Å². The zero-order chi connectivity index (χ0) is 17.9. The predicted molar refractivity (Wildman–Crippen MR) is 118 cm³/mol. The molecule has 0 spiro atoms. The topological polar surface area (TPSA) is 70.4 Å². The summed E-state index contributed by atoms with van der Waals surface area (Å²) in [6, 6.07) is 0. The molecule has 1 aromatic rings. The van der Waals surface area contributed by atoms with Crippen molar-refractivity contribution in [3.63, 3.8) is 0 Å². The number of halogens is 1. The highest BCUT2D eigenvalue weighted by Crippen LogP contribution is 2.15. The van der Waals surface area contributed by atoms with E-state index in [-0.39, 0.29) is 24.0 Å². The molecule has 26 heavy (non-hydrogen) atoms. The van der Waals surface area contributed by atoms with Gasteiger partial charge in [0.15, 0.2) is 5.96 Å². The molecular formula is C18H36IN7. The summed E-state index contributed by atoms with van der Waals surface area (Å²) >= 11 is 0. The maximum atomic E-state index is 4.71. The normalized spacial score (nSPS) is 18.4. The summed E-state index contributed by atoms with van der Waals surface area (Å²) in [6.07, 6.45) is 6.55. The quantitative estimate of drug-likeness (QED) is 0.247. The van der Waals surface area contributed by atoms with Crippen molar-refractivity contribution in [2.45, 2.75) is 53.0 Å². The van der Waals surface area contributed by atoms with Crippen molar-refractivity contribution in [3.8, 4) is 0 Å². The zero-order valence-corrected chi connectivity index (χ0v) is 18.9. The van der Waals surface area contributed by atoms with E-state index in [4.69, 9.17) is 4.99 Å². The Balaban J connectivity index is 0.00000338. The summed E-state index contributed by atoms with van der Waals surface area (Å²) in [7, 11) is 0. The van der Waals surface area contributed by atoms with E-state index < -0.39 is 0 Å². The smallest absolute Gasteiger partial charge is 0.191 e. The van der Waals surface area contributed by atoms with Crippen LogP contribution < -0.4 is 10.6 Å². The number of aromatic nitrogens is 3. The number of nitrogens with one attached hydrogen (secondary N) is 2. The molecule has 1 unspecified atom stereocenters. The highest BCUT2D eigenvalue weighted by atomic mass is 127. The van der Waals surface area contributed by atoms with Gasteiger partial charge in [0, 0.05) is 39.1 Å². The van der Waals surface area contributed by atoms with Gasteiger partial charge in [-0.05, 0) is 45.2 Å². The van der Waals surface area contributed by atoms with Crippen LogP contribution in [0.2, 0.25) is 0 Å². The molecule has 1 aromatic heterocycles. The van der Waals surface area contributed by atoms with Crippen LogP contribution in [0.3, 0.4) is 0 Å². The van der Waals surface area contributed by atoms with Crippen molar-refractivity contribution in [3.05, 3.63) is 12.2 Å². The van der Waals surface area contributed by atoms with Gasteiger partial charge in [-0.15, -0.1) is 34.2 Å². The monoisotopic (exact) mass is 477 g/mol. The minimum atomic E-state index is 0. The van der Waals surface area contributed by atoms with Gasteiger partial charge in [-0.2, -0.15) is 0 Å². The molecule has 0 bridgehead atoms. The number of hydrogen-bond acceptors (Lipinski definition) is 4. The number of guanidine groups is 1. The Morgan fingerprint density at radius 1 is 1.31 bits per heavy atom. The molecular weight excluding hydrogens is 441 g/mol. The number of rotatable bonds is 9. The lowest BCUT2D eigenvalue weighted by molar-refractivity contribution is 0.183. The van der Waals surface area contributed by atoms with E-state index in [9.17, 15) is 0 Å². The molecule has 7 nitrogen and oxygen atoms in total. The van der Waals surface area contributed by atoms with Crippen LogP contribution >= 0.6 is 24.0 Å². The van der Waals surface area contributed by atoms with Gasteiger partial charge in [0.2, 0.25) is 0 Å². The number of nitrogens with zero attached hydrogens (tertiary/aromatic N) is 5. The molecule has 0 aromatic carbocycles. The third-order valence-corrected chi connectivity index (χ3v) is 4.64. The summed E-state index contributed by atoms with van der Waals surface area (Å²) in [5.41, 5.74) is 0. The standard InChI is InChI=1S/C18H35N7.HI/c1-4-17-23-22-15-25(17)13-10-21-18(19-5-2)20-9-7-12-24-11-6-8-16(3)14-24;/h15-16H,4-14H2,1-3H3,(H2,19,20,21);1H. The largest absolute Gasteiger partial charge is 0.357 e. The van der Waals surface area contributed by atoms with Gasteiger partial charge < -0.3 is 20.1 Å². The van der Waals surface area contributed by atoms with Crippen molar-refractivity contribution in [1.29, 1.82) is 0 Å². The minimum absolute atomic E-state index is 0. The van der Waals surface area contributed by atoms with Crippen LogP contribution in [0.4, 0.5) is 0 Å². The van der Waals surface area contributed by atoms with E-state index >= 15 is 0 Å². The first-order valence-electron chi connectivity index (χ1n) is 9.84. The van der Waals surface area contributed by atoms with Crippen molar-refractivity contribution in [1.82, 2.24) is 30.3 Å². The van der Waals surface area contributed by atoms with Gasteiger partial charge in [-0.3, -0.25) is 4.99 Å². The fourth-order valence-corrected chi connectivity index (χ4v) is 3.35. The molecule has 1 fully saturated rings. The summed E-state index contributed by atoms with van der Waals surface area (Å²) in [6.45, 7) is 13.6. The Bertz CT molecular complexity index is 517. The van der Waals surface area contributed by atoms with Gasteiger partial charge >= 0.3 is 0 Å². The lowest BCUT2D eigenvalue weighted by Gasteiger charge is -2.30. The van der Waals surface area contributed by atoms with Crippen LogP contribution in [0.1, 0.15) is 45.9 Å². The predicted octanol–water partition coefficient (Wildman–Crippen LogP) is 2.14. The molecule has 2 N–H and O–H groups in total.